The van der Waals surface area contributed by atoms with Crippen LogP contribution in [0.15, 0.2) is 24.3 Å². The van der Waals surface area contributed by atoms with Crippen LogP contribution in [0.2, 0.25) is 0 Å². The lowest BCUT2D eigenvalue weighted by Gasteiger charge is -2.19. The van der Waals surface area contributed by atoms with Gasteiger partial charge in [-0.15, -0.1) is 0 Å². The molecule has 1 fully saturated rings. The van der Waals surface area contributed by atoms with Crippen LogP contribution in [0.25, 0.3) is 0 Å². The van der Waals surface area contributed by atoms with Crippen LogP contribution < -0.4 is 5.32 Å². The number of hydrogen-bond donors (Lipinski definition) is 2. The number of para-hydroxylation sites is 1. The molecule has 1 atom stereocenters. The van der Waals surface area contributed by atoms with Gasteiger partial charge in [-0.2, -0.15) is 0 Å². The summed E-state index contributed by atoms with van der Waals surface area (Å²) in [6.07, 6.45) is 0.725. The molecule has 4 heteroatoms. The molecule has 1 aliphatic heterocycles. The number of nitrogens with one attached hydrogen (secondary N) is 1. The fourth-order valence-electron chi connectivity index (χ4n) is 2.68. The van der Waals surface area contributed by atoms with E-state index in [1.54, 1.807) is 0 Å². The van der Waals surface area contributed by atoms with E-state index >= 15 is 0 Å². The minimum absolute atomic E-state index is 0.0178. The number of benzene rings is 1. The zero-order chi connectivity index (χ0) is 14.8. The van der Waals surface area contributed by atoms with Crippen molar-refractivity contribution in [2.75, 3.05) is 25.0 Å². The van der Waals surface area contributed by atoms with E-state index in [0.717, 1.165) is 24.2 Å². The van der Waals surface area contributed by atoms with Gasteiger partial charge in [0.1, 0.15) is 0 Å². The fourth-order valence-corrected chi connectivity index (χ4v) is 2.68. The van der Waals surface area contributed by atoms with E-state index in [1.807, 2.05) is 36.1 Å². The van der Waals surface area contributed by atoms with Crippen LogP contribution in [0.1, 0.15) is 38.7 Å². The van der Waals surface area contributed by atoms with E-state index < -0.39 is 5.60 Å². The van der Waals surface area contributed by atoms with Crippen molar-refractivity contribution < 1.29 is 9.90 Å². The highest BCUT2D eigenvalue weighted by Gasteiger charge is 2.32. The number of nitrogens with zero attached hydrogens (tertiary/aromatic N) is 1. The molecule has 1 saturated heterocycles. The molecule has 4 nitrogen and oxygen atoms in total. The lowest BCUT2D eigenvalue weighted by atomic mass is 10.0. The van der Waals surface area contributed by atoms with Gasteiger partial charge in [0.2, 0.25) is 5.91 Å². The lowest BCUT2D eigenvalue weighted by molar-refractivity contribution is -0.117. The Balaban J connectivity index is 1.95. The molecule has 1 aliphatic rings. The predicted molar refractivity (Wildman–Crippen MR) is 80.8 cm³/mol. The Labute approximate surface area is 120 Å². The van der Waals surface area contributed by atoms with Gasteiger partial charge in [-0.3, -0.25) is 9.69 Å². The summed E-state index contributed by atoms with van der Waals surface area (Å²) in [5, 5.41) is 12.9. The summed E-state index contributed by atoms with van der Waals surface area (Å²) in [6.45, 7) is 7.71. The summed E-state index contributed by atoms with van der Waals surface area (Å²) in [7, 11) is 0. The number of amides is 1. The Morgan fingerprint density at radius 1 is 1.45 bits per heavy atom. The lowest BCUT2D eigenvalue weighted by Crippen LogP contribution is -2.35. The van der Waals surface area contributed by atoms with Crippen LogP contribution in [0, 0.1) is 0 Å². The Kier molecular flexibility index (Phi) is 4.45. The maximum atomic E-state index is 12.1. The van der Waals surface area contributed by atoms with Gasteiger partial charge in [-0.1, -0.05) is 32.0 Å². The van der Waals surface area contributed by atoms with Gasteiger partial charge >= 0.3 is 0 Å². The molecule has 0 aliphatic carbocycles. The molecule has 1 aromatic rings. The highest BCUT2D eigenvalue weighted by molar-refractivity contribution is 5.93. The first kappa shape index (κ1) is 15.0. The molecule has 20 heavy (non-hydrogen) atoms. The van der Waals surface area contributed by atoms with Gasteiger partial charge in [-0.25, -0.2) is 0 Å². The number of carbonyl (C=O) groups excluding carboxylic acids is 1. The van der Waals surface area contributed by atoms with E-state index in [0.29, 0.717) is 19.0 Å². The van der Waals surface area contributed by atoms with Crippen LogP contribution in [0.5, 0.6) is 0 Å². The second-order valence-corrected chi connectivity index (χ2v) is 6.25. The van der Waals surface area contributed by atoms with Crippen LogP contribution in [0.4, 0.5) is 5.69 Å². The number of anilines is 1. The fraction of sp³-hybridized carbons (Fsp3) is 0.562. The Hall–Kier alpha value is -1.39. The Morgan fingerprint density at radius 3 is 2.75 bits per heavy atom. The molecule has 1 unspecified atom stereocenters. The number of rotatable bonds is 4. The Morgan fingerprint density at radius 2 is 2.15 bits per heavy atom. The van der Waals surface area contributed by atoms with Gasteiger partial charge in [0.15, 0.2) is 0 Å². The van der Waals surface area contributed by atoms with Crippen molar-refractivity contribution in [2.24, 2.45) is 0 Å². The van der Waals surface area contributed by atoms with Crippen molar-refractivity contribution in [3.8, 4) is 0 Å². The van der Waals surface area contributed by atoms with Crippen molar-refractivity contribution in [3.63, 3.8) is 0 Å². The molecule has 0 aromatic heterocycles. The van der Waals surface area contributed by atoms with Crippen molar-refractivity contribution in [1.82, 2.24) is 4.90 Å². The molecule has 2 rings (SSSR count). The summed E-state index contributed by atoms with van der Waals surface area (Å²) in [5.41, 5.74) is 1.38. The molecule has 0 saturated carbocycles. The van der Waals surface area contributed by atoms with Gasteiger partial charge in [0.05, 0.1) is 12.1 Å². The first-order valence-electron chi connectivity index (χ1n) is 7.21. The van der Waals surface area contributed by atoms with E-state index in [1.165, 1.54) is 0 Å². The molecule has 2 N–H and O–H groups in total. The van der Waals surface area contributed by atoms with E-state index in [-0.39, 0.29) is 5.91 Å². The SMILES string of the molecule is CC(C)c1ccccc1NC(=O)CN1CCC(C)(O)C1. The molecule has 0 radical (unpaired) electrons. The van der Waals surface area contributed by atoms with Crippen molar-refractivity contribution in [1.29, 1.82) is 0 Å². The molecular formula is C16H24N2O2. The minimum Gasteiger partial charge on any atom is -0.389 e. The van der Waals surface area contributed by atoms with Crippen LogP contribution in [0.3, 0.4) is 0 Å². The third-order valence-corrected chi connectivity index (χ3v) is 3.75. The van der Waals surface area contributed by atoms with Crippen LogP contribution in [-0.4, -0.2) is 41.1 Å². The summed E-state index contributed by atoms with van der Waals surface area (Å²) in [4.78, 5) is 14.1. The third kappa shape index (κ3) is 3.81. The quantitative estimate of drug-likeness (QED) is 0.886. The largest absolute Gasteiger partial charge is 0.389 e. The topological polar surface area (TPSA) is 52.6 Å². The number of likely N-dealkylation sites (tertiary alicyclic amines) is 1. The summed E-state index contributed by atoms with van der Waals surface area (Å²) in [5.74, 6) is 0.356. The molecule has 0 bridgehead atoms. The average molecular weight is 276 g/mol. The molecular weight excluding hydrogens is 252 g/mol. The standard InChI is InChI=1S/C16H24N2O2/c1-12(2)13-6-4-5-7-14(13)17-15(19)10-18-9-8-16(3,20)11-18/h4-7,12,20H,8-11H2,1-3H3,(H,17,19). The summed E-state index contributed by atoms with van der Waals surface area (Å²) in [6, 6.07) is 7.90. The normalized spacial score (nSPS) is 23.2. The van der Waals surface area contributed by atoms with Crippen molar-refractivity contribution >= 4 is 11.6 Å². The van der Waals surface area contributed by atoms with Crippen LogP contribution >= 0.6 is 0 Å². The second-order valence-electron chi connectivity index (χ2n) is 6.25. The first-order chi connectivity index (χ1) is 9.37. The minimum atomic E-state index is -0.657. The number of carbonyl (C=O) groups is 1. The second kappa shape index (κ2) is 5.94. The van der Waals surface area contributed by atoms with E-state index in [2.05, 4.69) is 19.2 Å². The highest BCUT2D eigenvalue weighted by atomic mass is 16.3. The summed E-state index contributed by atoms with van der Waals surface area (Å²) >= 11 is 0. The molecule has 0 spiro atoms. The van der Waals surface area contributed by atoms with Gasteiger partial charge in [0, 0.05) is 18.8 Å². The maximum Gasteiger partial charge on any atom is 0.238 e. The first-order valence-corrected chi connectivity index (χ1v) is 7.21. The molecule has 1 heterocycles. The smallest absolute Gasteiger partial charge is 0.238 e. The highest BCUT2D eigenvalue weighted by Crippen LogP contribution is 2.24. The van der Waals surface area contributed by atoms with E-state index in [4.69, 9.17) is 0 Å². The van der Waals surface area contributed by atoms with Gasteiger partial charge in [0.25, 0.3) is 0 Å². The van der Waals surface area contributed by atoms with Crippen molar-refractivity contribution in [3.05, 3.63) is 29.8 Å². The summed E-state index contributed by atoms with van der Waals surface area (Å²) < 4.78 is 0. The molecule has 1 aromatic carbocycles. The predicted octanol–water partition coefficient (Wildman–Crippen LogP) is 2.21. The monoisotopic (exact) mass is 276 g/mol. The third-order valence-electron chi connectivity index (χ3n) is 3.75. The zero-order valence-corrected chi connectivity index (χ0v) is 12.5. The number of β-amino-alcohol motifs (C(OH)–C–C–N with tert-alkyl or cyclic N) is 1. The molecule has 1 amide bonds. The van der Waals surface area contributed by atoms with Gasteiger partial charge in [-0.05, 0) is 30.9 Å². The number of aliphatic hydroxyl groups is 1. The average Bonchev–Trinajstić information content (AvgIpc) is 2.68. The van der Waals surface area contributed by atoms with Gasteiger partial charge < -0.3 is 10.4 Å². The van der Waals surface area contributed by atoms with Crippen molar-refractivity contribution in [2.45, 2.75) is 38.7 Å². The Bertz CT molecular complexity index is 483. The zero-order valence-electron chi connectivity index (χ0n) is 12.5. The number of hydrogen-bond acceptors (Lipinski definition) is 3. The van der Waals surface area contributed by atoms with E-state index in [9.17, 15) is 9.90 Å². The molecule has 110 valence electrons. The maximum absolute atomic E-state index is 12.1. The van der Waals surface area contributed by atoms with Crippen LogP contribution in [-0.2, 0) is 4.79 Å².